The fourth-order valence-electron chi connectivity index (χ4n) is 1.83. The second-order valence-electron chi connectivity index (χ2n) is 6.86. The molecule has 0 saturated carbocycles. The van der Waals surface area contributed by atoms with Crippen LogP contribution in [0.4, 0.5) is 0 Å². The van der Waals surface area contributed by atoms with Crippen molar-refractivity contribution in [3.05, 3.63) is 17.1 Å². The number of aliphatic hydroxyl groups is 1. The van der Waals surface area contributed by atoms with Crippen LogP contribution in [0.5, 0.6) is 0 Å². The predicted molar refractivity (Wildman–Crippen MR) is 109 cm³/mol. The number of aliphatic hydroxyl groups excluding tert-OH is 1. The molecule has 0 rings (SSSR count). The van der Waals surface area contributed by atoms with Gasteiger partial charge >= 0.3 is 19.5 Å². The van der Waals surface area contributed by atoms with Crippen LogP contribution >= 0.6 is 0 Å². The molecule has 1 N–H and O–H groups in total. The van der Waals surface area contributed by atoms with Crippen molar-refractivity contribution in [3.63, 3.8) is 0 Å². The zero-order valence-electron chi connectivity index (χ0n) is 18.7. The monoisotopic (exact) mass is 437 g/mol. The first-order chi connectivity index (χ1) is 12.2. The molecule has 0 heterocycles. The molecule has 0 aliphatic heterocycles. The second-order valence-corrected chi connectivity index (χ2v) is 6.86. The molecule has 156 valence electrons. The number of rotatable bonds is 14. The number of allylic oxidation sites excluding steroid dienone is 2. The number of hydrogen-bond acceptors (Lipinski definition) is 5. The molecule has 0 aromatic carbocycles. The largest absolute Gasteiger partial charge is 2.00 e. The molecule has 0 spiro atoms. The summed E-state index contributed by atoms with van der Waals surface area (Å²) in [6.45, 7) is 12.8. The van der Waals surface area contributed by atoms with Crippen LogP contribution in [-0.4, -0.2) is 75.0 Å². The first kappa shape index (κ1) is 31.4. The summed E-state index contributed by atoms with van der Waals surface area (Å²) < 4.78 is 10.7. The van der Waals surface area contributed by atoms with Crippen molar-refractivity contribution in [1.82, 2.24) is 4.90 Å². The van der Waals surface area contributed by atoms with Crippen LogP contribution < -0.4 is 0 Å². The van der Waals surface area contributed by atoms with E-state index in [4.69, 9.17) is 14.6 Å². The molecule has 0 aliphatic rings. The minimum atomic E-state index is -0.391. The summed E-state index contributed by atoms with van der Waals surface area (Å²) in [5, 5.41) is 13.2. The van der Waals surface area contributed by atoms with Crippen LogP contribution in [0.15, 0.2) is 11.8 Å². The van der Waals surface area contributed by atoms with E-state index in [0.29, 0.717) is 13.2 Å². The summed E-state index contributed by atoms with van der Waals surface area (Å²) in [5.74, 6) is 0.0638. The van der Waals surface area contributed by atoms with E-state index < -0.39 is 6.10 Å². The SMILES string of the molecule is CC(=O)C=C(C)[N-]CCCN(C)C.CCCCOCC(C)OCC(C)O.[Zn+2]. The Kier molecular flexibility index (Phi) is 25.5. The van der Waals surface area contributed by atoms with Gasteiger partial charge in [0.05, 0.1) is 25.4 Å². The molecular formula is C20H41N2O4Zn+. The van der Waals surface area contributed by atoms with Crippen LogP contribution in [0, 0.1) is 0 Å². The van der Waals surface area contributed by atoms with E-state index in [1.54, 1.807) is 19.9 Å². The van der Waals surface area contributed by atoms with Crippen molar-refractivity contribution in [3.8, 4) is 0 Å². The minimum Gasteiger partial charge on any atom is -0.688 e. The van der Waals surface area contributed by atoms with Gasteiger partial charge in [0.15, 0.2) is 5.78 Å². The van der Waals surface area contributed by atoms with Crippen LogP contribution in [-0.2, 0) is 33.7 Å². The molecule has 0 aromatic heterocycles. The van der Waals surface area contributed by atoms with E-state index in [0.717, 1.165) is 44.7 Å². The molecule has 27 heavy (non-hydrogen) atoms. The molecule has 0 fully saturated rings. The molecule has 0 saturated heterocycles. The second kappa shape index (κ2) is 22.0. The summed E-state index contributed by atoms with van der Waals surface area (Å²) in [7, 11) is 4.08. The fourth-order valence-corrected chi connectivity index (χ4v) is 1.83. The van der Waals surface area contributed by atoms with Crippen LogP contribution in [0.3, 0.4) is 0 Å². The number of carbonyl (C=O) groups is 1. The predicted octanol–water partition coefficient (Wildman–Crippen LogP) is 3.39. The topological polar surface area (TPSA) is 73.1 Å². The van der Waals surface area contributed by atoms with Gasteiger partial charge in [-0.25, -0.2) is 0 Å². The van der Waals surface area contributed by atoms with Gasteiger partial charge in [0.2, 0.25) is 0 Å². The molecule has 0 aliphatic carbocycles. The third-order valence-electron chi connectivity index (χ3n) is 3.15. The van der Waals surface area contributed by atoms with Crippen molar-refractivity contribution < 1.29 is 38.9 Å². The molecule has 0 aromatic rings. The molecule has 7 heteroatoms. The number of nitrogens with zero attached hydrogens (tertiary/aromatic N) is 2. The van der Waals surface area contributed by atoms with Crippen molar-refractivity contribution >= 4 is 5.78 Å². The van der Waals surface area contributed by atoms with E-state index >= 15 is 0 Å². The number of hydrogen-bond donors (Lipinski definition) is 1. The number of carbonyl (C=O) groups excluding carboxylic acids is 1. The van der Waals surface area contributed by atoms with Gasteiger partial charge in [-0.2, -0.15) is 5.70 Å². The van der Waals surface area contributed by atoms with E-state index in [1.165, 1.54) is 0 Å². The number of ketones is 1. The van der Waals surface area contributed by atoms with Gasteiger partial charge in [-0.1, -0.05) is 26.7 Å². The maximum atomic E-state index is 10.7. The first-order valence-corrected chi connectivity index (χ1v) is 9.57. The van der Waals surface area contributed by atoms with Gasteiger partial charge < -0.3 is 24.8 Å². The summed E-state index contributed by atoms with van der Waals surface area (Å²) in [6.07, 6.45) is 4.54. The summed E-state index contributed by atoms with van der Waals surface area (Å²) in [6, 6.07) is 0. The van der Waals surface area contributed by atoms with Gasteiger partial charge in [-0.15, -0.1) is 6.54 Å². The average Bonchev–Trinajstić information content (AvgIpc) is 2.53. The van der Waals surface area contributed by atoms with Gasteiger partial charge in [-0.05, 0) is 53.9 Å². The van der Waals surface area contributed by atoms with Crippen LogP contribution in [0.1, 0.15) is 53.9 Å². The van der Waals surface area contributed by atoms with Gasteiger partial charge in [0.1, 0.15) is 0 Å². The quantitative estimate of drug-likeness (QED) is 0.255. The van der Waals surface area contributed by atoms with Crippen molar-refractivity contribution in [1.29, 1.82) is 0 Å². The Bertz CT molecular complexity index is 364. The normalized spacial score (nSPS) is 13.3. The Morgan fingerprint density at radius 3 is 2.30 bits per heavy atom. The Morgan fingerprint density at radius 1 is 1.19 bits per heavy atom. The number of ether oxygens (including phenoxy) is 2. The van der Waals surface area contributed by atoms with Crippen molar-refractivity contribution in [2.24, 2.45) is 0 Å². The Labute approximate surface area is 179 Å². The fraction of sp³-hybridized carbons (Fsp3) is 0.850. The van der Waals surface area contributed by atoms with Crippen molar-refractivity contribution in [2.45, 2.75) is 66.1 Å². The molecule has 2 atom stereocenters. The maximum Gasteiger partial charge on any atom is 2.00 e. The van der Waals surface area contributed by atoms with E-state index in [-0.39, 0.29) is 31.4 Å². The standard InChI is InChI=1S/C10H20N2O.C10H22O3.Zn/c1-9(8-10(2)13)11-6-5-7-12(3)4;1-4-5-6-12-8-10(3)13-7-9(2)11;/h8H,5-7H2,1-4H3,(H,11,13);9-11H,4-8H2,1-3H3;/q;;+2/p-1. The molecule has 2 unspecified atom stereocenters. The third-order valence-corrected chi connectivity index (χ3v) is 3.15. The zero-order chi connectivity index (χ0) is 20.4. The Morgan fingerprint density at radius 2 is 1.81 bits per heavy atom. The summed E-state index contributed by atoms with van der Waals surface area (Å²) >= 11 is 0. The zero-order valence-corrected chi connectivity index (χ0v) is 21.6. The Hall–Kier alpha value is -0.327. The average molecular weight is 439 g/mol. The molecular weight excluding hydrogens is 398 g/mol. The molecule has 6 nitrogen and oxygen atoms in total. The number of unbranched alkanes of at least 4 members (excludes halogenated alkanes) is 1. The van der Waals surface area contributed by atoms with E-state index in [2.05, 4.69) is 17.1 Å². The Balaban J connectivity index is -0.000000411. The van der Waals surface area contributed by atoms with E-state index in [1.807, 2.05) is 27.9 Å². The van der Waals surface area contributed by atoms with Gasteiger partial charge in [0.25, 0.3) is 0 Å². The third kappa shape index (κ3) is 30.6. The van der Waals surface area contributed by atoms with Crippen molar-refractivity contribution in [2.75, 3.05) is 47.0 Å². The van der Waals surface area contributed by atoms with Crippen LogP contribution in [0.25, 0.3) is 5.32 Å². The molecule has 0 amide bonds. The van der Waals surface area contributed by atoms with Crippen LogP contribution in [0.2, 0.25) is 0 Å². The maximum absolute atomic E-state index is 10.7. The van der Waals surface area contributed by atoms with Gasteiger partial charge in [-0.3, -0.25) is 4.79 Å². The molecule has 0 bridgehead atoms. The summed E-state index contributed by atoms with van der Waals surface area (Å²) in [5.41, 5.74) is 0.825. The summed E-state index contributed by atoms with van der Waals surface area (Å²) in [4.78, 5) is 12.8. The molecule has 0 radical (unpaired) electrons. The first-order valence-electron chi connectivity index (χ1n) is 9.57. The minimum absolute atomic E-state index is 0. The van der Waals surface area contributed by atoms with Gasteiger partial charge in [0, 0.05) is 6.61 Å². The van der Waals surface area contributed by atoms with E-state index in [9.17, 15) is 4.79 Å². The smallest absolute Gasteiger partial charge is 0.688 e.